The number of phenols is 1. The van der Waals surface area contributed by atoms with Gasteiger partial charge < -0.3 is 35.8 Å². The van der Waals surface area contributed by atoms with E-state index in [2.05, 4.69) is 0 Å². The molecule has 4 rings (SSSR count). The first-order valence-electron chi connectivity index (χ1n) is 10.7. The number of aliphatic hydroxyl groups is 3. The fourth-order valence-corrected chi connectivity index (χ4v) is 5.64. The number of aromatic hydroxyl groups is 1. The number of benzene rings is 1. The Balaban J connectivity index is 1.94. The van der Waals surface area contributed by atoms with Crippen molar-refractivity contribution in [3.8, 4) is 5.75 Å². The van der Waals surface area contributed by atoms with E-state index < -0.39 is 64.4 Å². The second-order valence-electron chi connectivity index (χ2n) is 9.27. The van der Waals surface area contributed by atoms with Gasteiger partial charge >= 0.3 is 5.97 Å². The van der Waals surface area contributed by atoms with Crippen LogP contribution in [0.4, 0.5) is 5.69 Å². The highest BCUT2D eigenvalue weighted by Crippen LogP contribution is 2.53. The second kappa shape index (κ2) is 7.81. The summed E-state index contributed by atoms with van der Waals surface area (Å²) in [6.45, 7) is 0. The zero-order valence-corrected chi connectivity index (χ0v) is 18.9. The van der Waals surface area contributed by atoms with Crippen LogP contribution in [0.5, 0.6) is 5.75 Å². The number of carbonyl (C=O) groups excluding carboxylic acids is 4. The molecule has 182 valence electrons. The minimum Gasteiger partial charge on any atom is -0.507 e. The summed E-state index contributed by atoms with van der Waals surface area (Å²) in [5.74, 6) is -9.00. The lowest BCUT2D eigenvalue weighted by molar-refractivity contribution is -0.174. The van der Waals surface area contributed by atoms with Crippen LogP contribution in [-0.2, 0) is 25.5 Å². The SMILES string of the molecule is COC(=O)c1cc(N(C)C)c2c(c1O)C(O)=C1C(=O)[C@]3(O)C(=O)C(C(N)=O)C(O)C[C@@H]3C[C@@H]1C2. The van der Waals surface area contributed by atoms with Crippen LogP contribution in [0.15, 0.2) is 11.6 Å². The molecule has 2 unspecified atom stereocenters. The Bertz CT molecular complexity index is 1170. The van der Waals surface area contributed by atoms with E-state index in [0.29, 0.717) is 11.3 Å². The lowest BCUT2D eigenvalue weighted by Crippen LogP contribution is -2.66. The van der Waals surface area contributed by atoms with Gasteiger partial charge in [-0.15, -0.1) is 0 Å². The number of nitrogens with zero attached hydrogens (tertiary/aromatic N) is 1. The summed E-state index contributed by atoms with van der Waals surface area (Å²) in [5.41, 5.74) is 2.87. The molecule has 0 spiro atoms. The monoisotopic (exact) mass is 474 g/mol. The van der Waals surface area contributed by atoms with Gasteiger partial charge in [-0.2, -0.15) is 0 Å². The third-order valence-corrected chi connectivity index (χ3v) is 7.25. The molecular weight excluding hydrogens is 448 g/mol. The fraction of sp³-hybridized carbons (Fsp3) is 0.478. The molecule has 34 heavy (non-hydrogen) atoms. The van der Waals surface area contributed by atoms with Crippen LogP contribution in [-0.4, -0.2) is 76.8 Å². The number of nitrogens with two attached hydrogens (primary N) is 1. The number of esters is 1. The van der Waals surface area contributed by atoms with Gasteiger partial charge in [0.25, 0.3) is 0 Å². The van der Waals surface area contributed by atoms with E-state index in [1.54, 1.807) is 19.0 Å². The molecule has 6 N–H and O–H groups in total. The summed E-state index contributed by atoms with van der Waals surface area (Å²) in [7, 11) is 4.54. The molecule has 11 nitrogen and oxygen atoms in total. The number of carbonyl (C=O) groups is 4. The van der Waals surface area contributed by atoms with Gasteiger partial charge in [0, 0.05) is 31.3 Å². The molecule has 1 aromatic carbocycles. The van der Waals surface area contributed by atoms with Crippen molar-refractivity contribution in [2.24, 2.45) is 23.5 Å². The molecule has 3 aliphatic rings. The quantitative estimate of drug-likeness (QED) is 0.281. The summed E-state index contributed by atoms with van der Waals surface area (Å²) in [6, 6.07) is 1.42. The van der Waals surface area contributed by atoms with Gasteiger partial charge in [-0.3, -0.25) is 14.4 Å². The number of phenolic OH excluding ortho intramolecular Hbond substituents is 1. The van der Waals surface area contributed by atoms with Crippen LogP contribution < -0.4 is 10.6 Å². The molecule has 2 saturated carbocycles. The first kappa shape index (κ1) is 23.7. The van der Waals surface area contributed by atoms with Crippen LogP contribution in [0.3, 0.4) is 0 Å². The van der Waals surface area contributed by atoms with Gasteiger partial charge in [0.2, 0.25) is 11.7 Å². The zero-order valence-electron chi connectivity index (χ0n) is 18.9. The van der Waals surface area contributed by atoms with E-state index >= 15 is 0 Å². The van der Waals surface area contributed by atoms with Crippen LogP contribution in [0.1, 0.15) is 34.3 Å². The fourth-order valence-electron chi connectivity index (χ4n) is 5.64. The van der Waals surface area contributed by atoms with Crippen molar-refractivity contribution in [2.45, 2.75) is 31.0 Å². The summed E-state index contributed by atoms with van der Waals surface area (Å²) >= 11 is 0. The maximum atomic E-state index is 13.5. The Labute approximate surface area is 194 Å². The number of Topliss-reactive ketones (excluding diaryl/α,β-unsaturated/α-hetero) is 2. The minimum absolute atomic E-state index is 0.0573. The van der Waals surface area contributed by atoms with Gasteiger partial charge in [-0.25, -0.2) is 4.79 Å². The van der Waals surface area contributed by atoms with E-state index in [1.807, 2.05) is 0 Å². The van der Waals surface area contributed by atoms with Crippen LogP contribution in [0.25, 0.3) is 5.76 Å². The summed E-state index contributed by atoms with van der Waals surface area (Å²) in [5, 5.41) is 43.6. The van der Waals surface area contributed by atoms with Crippen molar-refractivity contribution in [3.63, 3.8) is 0 Å². The smallest absolute Gasteiger partial charge is 0.341 e. The molecule has 2 fully saturated rings. The van der Waals surface area contributed by atoms with Crippen LogP contribution in [0.2, 0.25) is 0 Å². The van der Waals surface area contributed by atoms with Crippen molar-refractivity contribution in [1.82, 2.24) is 0 Å². The number of amides is 1. The number of anilines is 1. The summed E-state index contributed by atoms with van der Waals surface area (Å²) in [4.78, 5) is 52.2. The predicted molar refractivity (Wildman–Crippen MR) is 117 cm³/mol. The van der Waals surface area contributed by atoms with E-state index in [-0.39, 0.29) is 36.0 Å². The number of ether oxygens (including phenoxy) is 1. The normalized spacial score (nSPS) is 30.3. The average Bonchev–Trinajstić information content (AvgIpc) is 2.75. The molecule has 0 bridgehead atoms. The molecule has 0 heterocycles. The molecule has 0 aromatic heterocycles. The molecule has 0 aliphatic heterocycles. The number of hydrogen-bond donors (Lipinski definition) is 5. The lowest BCUT2D eigenvalue weighted by Gasteiger charge is -2.48. The maximum Gasteiger partial charge on any atom is 0.341 e. The first-order chi connectivity index (χ1) is 15.9. The highest BCUT2D eigenvalue weighted by Gasteiger charge is 2.64. The van der Waals surface area contributed by atoms with E-state index in [1.165, 1.54) is 6.07 Å². The Morgan fingerprint density at radius 3 is 2.41 bits per heavy atom. The van der Waals surface area contributed by atoms with Gasteiger partial charge in [-0.1, -0.05) is 0 Å². The van der Waals surface area contributed by atoms with Crippen molar-refractivity contribution in [1.29, 1.82) is 0 Å². The molecule has 1 amide bonds. The molecule has 3 aliphatic carbocycles. The van der Waals surface area contributed by atoms with E-state index in [9.17, 15) is 39.6 Å². The number of methoxy groups -OCH3 is 1. The lowest BCUT2D eigenvalue weighted by atomic mass is 9.56. The number of aliphatic hydroxyl groups excluding tert-OH is 2. The standard InChI is InChI=1S/C23H26N2O9/c1-25(2)12-7-11(22(32)34-3)17(27)15-10(12)5-8-4-9-6-13(26)16(21(24)31)20(30)23(9,33)19(29)14(8)18(15)28/h7-9,13,16,26-28,33H,4-6H2,1-3H3,(H2,24,31)/t8-,9+,13?,16?,23+/m1/s1. The topological polar surface area (TPSA) is 188 Å². The molecule has 0 radical (unpaired) electrons. The number of primary amides is 1. The average molecular weight is 474 g/mol. The molecular formula is C23H26N2O9. The van der Waals surface area contributed by atoms with E-state index in [4.69, 9.17) is 10.5 Å². The van der Waals surface area contributed by atoms with Crippen molar-refractivity contribution in [3.05, 3.63) is 28.3 Å². The van der Waals surface area contributed by atoms with Gasteiger partial charge in [-0.05, 0) is 36.8 Å². The Morgan fingerprint density at radius 1 is 1.21 bits per heavy atom. The first-order valence-corrected chi connectivity index (χ1v) is 10.7. The maximum absolute atomic E-state index is 13.5. The summed E-state index contributed by atoms with van der Waals surface area (Å²) < 4.78 is 4.72. The number of rotatable bonds is 3. The van der Waals surface area contributed by atoms with Crippen molar-refractivity contribution in [2.75, 3.05) is 26.1 Å². The third kappa shape index (κ3) is 3.03. The number of fused-ring (bicyclic) bond motifs is 3. The molecule has 1 aromatic rings. The van der Waals surface area contributed by atoms with Crippen molar-refractivity contribution >= 4 is 34.9 Å². The number of ketones is 2. The highest BCUT2D eigenvalue weighted by atomic mass is 16.5. The van der Waals surface area contributed by atoms with Crippen LogP contribution in [0, 0.1) is 17.8 Å². The largest absolute Gasteiger partial charge is 0.507 e. The highest BCUT2D eigenvalue weighted by molar-refractivity contribution is 6.24. The molecule has 5 atom stereocenters. The Hall–Kier alpha value is -3.44. The Morgan fingerprint density at radius 2 is 1.85 bits per heavy atom. The van der Waals surface area contributed by atoms with E-state index in [0.717, 1.165) is 7.11 Å². The zero-order chi connectivity index (χ0) is 25.3. The van der Waals surface area contributed by atoms with Gasteiger partial charge in [0.1, 0.15) is 23.0 Å². The van der Waals surface area contributed by atoms with Crippen LogP contribution >= 0.6 is 0 Å². The number of hydrogen-bond acceptors (Lipinski definition) is 10. The molecule has 0 saturated heterocycles. The second-order valence-corrected chi connectivity index (χ2v) is 9.27. The Kier molecular flexibility index (Phi) is 5.45. The minimum atomic E-state index is -2.66. The molecule has 11 heteroatoms. The van der Waals surface area contributed by atoms with Gasteiger partial charge in [0.15, 0.2) is 11.4 Å². The third-order valence-electron chi connectivity index (χ3n) is 7.25. The summed E-state index contributed by atoms with van der Waals surface area (Å²) in [6.07, 6.45) is -1.44. The van der Waals surface area contributed by atoms with Crippen molar-refractivity contribution < 1.29 is 44.3 Å². The van der Waals surface area contributed by atoms with Gasteiger partial charge in [0.05, 0.1) is 18.8 Å². The predicted octanol–water partition coefficient (Wildman–Crippen LogP) is -0.558.